The predicted octanol–water partition coefficient (Wildman–Crippen LogP) is 5.72. The summed E-state index contributed by atoms with van der Waals surface area (Å²) in [6, 6.07) is 17.6. The maximum absolute atomic E-state index is 4.85. The largest absolute Gasteiger partial charge is 0.248 e. The van der Waals surface area contributed by atoms with Crippen molar-refractivity contribution in [2.24, 2.45) is 5.92 Å². The molecule has 0 fully saturated rings. The van der Waals surface area contributed by atoms with Crippen molar-refractivity contribution in [1.82, 2.24) is 4.98 Å². The van der Waals surface area contributed by atoms with E-state index in [1.54, 1.807) is 0 Å². The molecule has 0 bridgehead atoms. The highest BCUT2D eigenvalue weighted by molar-refractivity contribution is 5.82. The zero-order valence-electron chi connectivity index (χ0n) is 13.9. The number of fused-ring (bicyclic) bond motifs is 1. The summed E-state index contributed by atoms with van der Waals surface area (Å²) in [6.45, 7) is 8.78. The van der Waals surface area contributed by atoms with Gasteiger partial charge in [0, 0.05) is 10.9 Å². The van der Waals surface area contributed by atoms with E-state index in [-0.39, 0.29) is 0 Å². The van der Waals surface area contributed by atoms with E-state index in [0.717, 1.165) is 17.6 Å². The molecule has 3 rings (SSSR count). The van der Waals surface area contributed by atoms with Gasteiger partial charge in [0.1, 0.15) is 0 Å². The average Bonchev–Trinajstić information content (AvgIpc) is 2.45. The van der Waals surface area contributed by atoms with Crippen LogP contribution in [0.5, 0.6) is 0 Å². The van der Waals surface area contributed by atoms with Gasteiger partial charge < -0.3 is 0 Å². The normalized spacial score (nSPS) is 11.3. The van der Waals surface area contributed by atoms with Gasteiger partial charge in [-0.2, -0.15) is 0 Å². The zero-order chi connectivity index (χ0) is 15.7. The Morgan fingerprint density at radius 2 is 1.59 bits per heavy atom. The van der Waals surface area contributed by atoms with Crippen LogP contribution in [-0.4, -0.2) is 4.98 Å². The molecule has 1 heterocycles. The molecule has 22 heavy (non-hydrogen) atoms. The second-order valence-electron chi connectivity index (χ2n) is 6.70. The number of rotatable bonds is 3. The van der Waals surface area contributed by atoms with Gasteiger partial charge in [-0.3, -0.25) is 0 Å². The van der Waals surface area contributed by atoms with E-state index in [2.05, 4.69) is 76.2 Å². The number of aromatic nitrogens is 1. The van der Waals surface area contributed by atoms with Crippen molar-refractivity contribution in [3.8, 4) is 11.3 Å². The van der Waals surface area contributed by atoms with Crippen molar-refractivity contribution in [1.29, 1.82) is 0 Å². The quantitative estimate of drug-likeness (QED) is 0.601. The number of hydrogen-bond acceptors (Lipinski definition) is 1. The first kappa shape index (κ1) is 14.8. The van der Waals surface area contributed by atoms with Gasteiger partial charge in [-0.05, 0) is 62.1 Å². The number of pyridine rings is 1. The number of benzene rings is 2. The lowest BCUT2D eigenvalue weighted by Crippen LogP contribution is -1.94. The van der Waals surface area contributed by atoms with E-state index in [4.69, 9.17) is 4.98 Å². The topological polar surface area (TPSA) is 12.9 Å². The highest BCUT2D eigenvalue weighted by atomic mass is 14.7. The van der Waals surface area contributed by atoms with Crippen LogP contribution < -0.4 is 0 Å². The van der Waals surface area contributed by atoms with Crippen LogP contribution in [0.15, 0.2) is 48.5 Å². The first-order valence-electron chi connectivity index (χ1n) is 7.99. The molecule has 3 aromatic rings. The summed E-state index contributed by atoms with van der Waals surface area (Å²) < 4.78 is 0. The summed E-state index contributed by atoms with van der Waals surface area (Å²) in [5.74, 6) is 0.681. The van der Waals surface area contributed by atoms with E-state index < -0.39 is 0 Å². The Balaban J connectivity index is 2.03. The second-order valence-corrected chi connectivity index (χ2v) is 6.70. The van der Waals surface area contributed by atoms with Gasteiger partial charge in [-0.1, -0.05) is 43.2 Å². The summed E-state index contributed by atoms with van der Waals surface area (Å²) in [4.78, 5) is 4.85. The number of nitrogens with zero attached hydrogens (tertiary/aromatic N) is 1. The summed E-state index contributed by atoms with van der Waals surface area (Å²) in [5.41, 5.74) is 7.28. The predicted molar refractivity (Wildman–Crippen MR) is 95.2 cm³/mol. The first-order valence-corrected chi connectivity index (χ1v) is 7.99. The maximum atomic E-state index is 4.85. The van der Waals surface area contributed by atoms with Crippen molar-refractivity contribution in [2.45, 2.75) is 34.1 Å². The molecule has 0 saturated heterocycles. The van der Waals surface area contributed by atoms with Crippen molar-refractivity contribution in [3.05, 3.63) is 65.2 Å². The van der Waals surface area contributed by atoms with Gasteiger partial charge in [0.25, 0.3) is 0 Å². The van der Waals surface area contributed by atoms with Crippen LogP contribution in [0, 0.1) is 19.8 Å². The molecular weight excluding hydrogens is 266 g/mol. The summed E-state index contributed by atoms with van der Waals surface area (Å²) in [7, 11) is 0. The van der Waals surface area contributed by atoms with E-state index in [1.807, 2.05) is 0 Å². The van der Waals surface area contributed by atoms with Crippen molar-refractivity contribution in [2.75, 3.05) is 0 Å². The van der Waals surface area contributed by atoms with Crippen molar-refractivity contribution >= 4 is 10.9 Å². The molecular formula is C21H23N. The Bertz CT molecular complexity index is 795. The second kappa shape index (κ2) is 5.92. The lowest BCUT2D eigenvalue weighted by molar-refractivity contribution is 0.648. The monoisotopic (exact) mass is 289 g/mol. The molecule has 0 saturated carbocycles. The fourth-order valence-corrected chi connectivity index (χ4v) is 3.06. The van der Waals surface area contributed by atoms with Gasteiger partial charge >= 0.3 is 0 Å². The lowest BCUT2D eigenvalue weighted by Gasteiger charge is -2.08. The maximum Gasteiger partial charge on any atom is 0.0709 e. The highest BCUT2D eigenvalue weighted by Crippen LogP contribution is 2.24. The minimum Gasteiger partial charge on any atom is -0.248 e. The van der Waals surface area contributed by atoms with Crippen LogP contribution in [0.4, 0.5) is 0 Å². The molecule has 2 aromatic carbocycles. The van der Waals surface area contributed by atoms with E-state index >= 15 is 0 Å². The lowest BCUT2D eigenvalue weighted by atomic mass is 10.0. The van der Waals surface area contributed by atoms with Gasteiger partial charge in [0.15, 0.2) is 0 Å². The number of hydrogen-bond donors (Lipinski definition) is 0. The van der Waals surface area contributed by atoms with Crippen LogP contribution in [0.2, 0.25) is 0 Å². The van der Waals surface area contributed by atoms with E-state index in [0.29, 0.717) is 5.92 Å². The Morgan fingerprint density at radius 1 is 0.864 bits per heavy atom. The minimum atomic E-state index is 0.681. The molecule has 112 valence electrons. The Kier molecular flexibility index (Phi) is 3.98. The third-order valence-corrected chi connectivity index (χ3v) is 3.92. The van der Waals surface area contributed by atoms with Gasteiger partial charge in [0.05, 0.1) is 11.2 Å². The molecule has 0 aliphatic rings. The molecule has 1 nitrogen and oxygen atoms in total. The first-order chi connectivity index (χ1) is 10.5. The highest BCUT2D eigenvalue weighted by Gasteiger charge is 2.05. The van der Waals surface area contributed by atoms with E-state index in [1.165, 1.54) is 27.6 Å². The average molecular weight is 289 g/mol. The number of aryl methyl sites for hydroxylation is 2. The fraction of sp³-hybridized carbons (Fsp3) is 0.286. The third kappa shape index (κ3) is 3.19. The minimum absolute atomic E-state index is 0.681. The van der Waals surface area contributed by atoms with Crippen LogP contribution in [0.1, 0.15) is 30.5 Å². The summed E-state index contributed by atoms with van der Waals surface area (Å²) in [5, 5.41) is 1.23. The van der Waals surface area contributed by atoms with Gasteiger partial charge in [-0.25, -0.2) is 4.98 Å². The summed E-state index contributed by atoms with van der Waals surface area (Å²) in [6.07, 6.45) is 1.12. The Morgan fingerprint density at radius 3 is 2.27 bits per heavy atom. The van der Waals surface area contributed by atoms with Crippen LogP contribution in [-0.2, 0) is 6.42 Å². The van der Waals surface area contributed by atoms with Crippen molar-refractivity contribution < 1.29 is 0 Å². The zero-order valence-corrected chi connectivity index (χ0v) is 13.9. The van der Waals surface area contributed by atoms with E-state index in [9.17, 15) is 0 Å². The van der Waals surface area contributed by atoms with Gasteiger partial charge in [0.2, 0.25) is 0 Å². The molecule has 0 aliphatic carbocycles. The SMILES string of the molecule is Cc1cc(C)cc(-c2ccc3cc(CC(C)C)ccc3n2)c1. The fourth-order valence-electron chi connectivity index (χ4n) is 3.06. The molecule has 0 aliphatic heterocycles. The van der Waals surface area contributed by atoms with Crippen LogP contribution in [0.25, 0.3) is 22.2 Å². The Labute approximate surface area is 133 Å². The van der Waals surface area contributed by atoms with Crippen LogP contribution in [0.3, 0.4) is 0 Å². The molecule has 1 heteroatoms. The molecule has 0 spiro atoms. The molecule has 1 aromatic heterocycles. The van der Waals surface area contributed by atoms with Crippen LogP contribution >= 0.6 is 0 Å². The van der Waals surface area contributed by atoms with Gasteiger partial charge in [-0.15, -0.1) is 0 Å². The third-order valence-electron chi connectivity index (χ3n) is 3.92. The molecule has 0 N–H and O–H groups in total. The molecule has 0 radical (unpaired) electrons. The molecule has 0 unspecified atom stereocenters. The summed E-state index contributed by atoms with van der Waals surface area (Å²) >= 11 is 0. The van der Waals surface area contributed by atoms with Crippen molar-refractivity contribution in [3.63, 3.8) is 0 Å². The standard InChI is InChI=1S/C21H23N/c1-14(2)9-17-5-7-20-18(13-17)6-8-21(22-20)19-11-15(3)10-16(4)12-19/h5-8,10-14H,9H2,1-4H3. The Hall–Kier alpha value is -2.15. The molecule has 0 amide bonds. The molecule has 0 atom stereocenters. The smallest absolute Gasteiger partial charge is 0.0709 e.